The first kappa shape index (κ1) is 24.8. The summed E-state index contributed by atoms with van der Waals surface area (Å²) in [6.45, 7) is -1.47. The second-order valence-electron chi connectivity index (χ2n) is 6.85. The molecule has 1 atom stereocenters. The Bertz CT molecular complexity index is 1230. The van der Waals surface area contributed by atoms with Crippen LogP contribution in [0.15, 0.2) is 47.5 Å². The van der Waals surface area contributed by atoms with Crippen molar-refractivity contribution in [3.8, 4) is 22.7 Å². The molecule has 0 fully saturated rings. The number of carbonyl (C=O) groups excluding carboxylic acids is 1. The lowest BCUT2D eigenvalue weighted by Crippen LogP contribution is -2.49. The van der Waals surface area contributed by atoms with E-state index in [0.29, 0.717) is 4.68 Å². The van der Waals surface area contributed by atoms with E-state index in [-0.39, 0.29) is 16.9 Å². The number of nitrogens with one attached hydrogen (secondary N) is 1. The van der Waals surface area contributed by atoms with E-state index in [1.165, 1.54) is 24.1 Å². The first-order valence-corrected chi connectivity index (χ1v) is 9.26. The van der Waals surface area contributed by atoms with Gasteiger partial charge in [-0.05, 0) is 30.3 Å². The number of carbonyl (C=O) groups is 1. The molecule has 34 heavy (non-hydrogen) atoms. The zero-order valence-electron chi connectivity index (χ0n) is 17.1. The number of ether oxygens (including phenoxy) is 1. The molecule has 15 heteroatoms. The molecule has 9 nitrogen and oxygen atoms in total. The molecule has 1 unspecified atom stereocenters. The largest absolute Gasteiger partial charge is 0.573 e. The third-order valence-corrected chi connectivity index (χ3v) is 4.36. The summed E-state index contributed by atoms with van der Waals surface area (Å²) in [4.78, 5) is 25.4. The van der Waals surface area contributed by atoms with Crippen LogP contribution in [0.2, 0.25) is 0 Å². The van der Waals surface area contributed by atoms with Gasteiger partial charge in [-0.1, -0.05) is 0 Å². The average molecular weight is 491 g/mol. The van der Waals surface area contributed by atoms with Gasteiger partial charge in [0.2, 0.25) is 0 Å². The lowest BCUT2D eigenvalue weighted by Gasteiger charge is -2.19. The molecular weight excluding hydrogens is 476 g/mol. The van der Waals surface area contributed by atoms with Crippen LogP contribution in [-0.2, 0) is 7.05 Å². The van der Waals surface area contributed by atoms with Gasteiger partial charge < -0.3 is 15.2 Å². The minimum absolute atomic E-state index is 0.0648. The maximum absolute atomic E-state index is 13.0. The van der Waals surface area contributed by atoms with Crippen LogP contribution in [0, 0.1) is 0 Å². The number of aryl methyl sites for hydroxylation is 1. The highest BCUT2D eigenvalue weighted by molar-refractivity contribution is 5.95. The topological polar surface area (TPSA) is 111 Å². The summed E-state index contributed by atoms with van der Waals surface area (Å²) < 4.78 is 81.9. The number of hydrogen-bond donors (Lipinski definition) is 2. The first-order valence-electron chi connectivity index (χ1n) is 9.26. The summed E-state index contributed by atoms with van der Waals surface area (Å²) in [5.74, 6) is -1.99. The number of aliphatic hydroxyl groups is 1. The number of rotatable bonds is 6. The molecule has 0 aliphatic rings. The Labute approximate surface area is 186 Å². The van der Waals surface area contributed by atoms with Crippen molar-refractivity contribution in [3.05, 3.63) is 58.6 Å². The molecular formula is C19H15F6N5O4. The minimum atomic E-state index is -4.99. The van der Waals surface area contributed by atoms with Crippen molar-refractivity contribution in [3.63, 3.8) is 0 Å². The molecule has 2 N–H and O–H groups in total. The maximum Gasteiger partial charge on any atom is 0.573 e. The summed E-state index contributed by atoms with van der Waals surface area (Å²) in [6.07, 6.45) is -7.38. The Morgan fingerprint density at radius 3 is 2.32 bits per heavy atom. The van der Waals surface area contributed by atoms with Crippen LogP contribution in [0.25, 0.3) is 16.9 Å². The fraction of sp³-hybridized carbons (Fsp3) is 0.263. The molecule has 0 radical (unpaired) electrons. The standard InChI is InChI=1S/C19H15F6N5O4/c1-29-8-11(7-26-29)30-17(33)13(16(32)27-15(9-31)18(20,21)22)6-14(28-30)10-2-4-12(5-3-10)34-19(23,24)25/h2-8,15,31H,9H2,1H3,(H,27,32). The monoisotopic (exact) mass is 491 g/mol. The van der Waals surface area contributed by atoms with Gasteiger partial charge in [0.05, 0.1) is 24.7 Å². The van der Waals surface area contributed by atoms with E-state index in [9.17, 15) is 35.9 Å². The van der Waals surface area contributed by atoms with Gasteiger partial charge in [-0.2, -0.15) is 28.1 Å². The summed E-state index contributed by atoms with van der Waals surface area (Å²) in [5, 5.41) is 18.4. The predicted molar refractivity (Wildman–Crippen MR) is 103 cm³/mol. The molecule has 0 bridgehead atoms. The number of nitrogens with zero attached hydrogens (tertiary/aromatic N) is 4. The second-order valence-corrected chi connectivity index (χ2v) is 6.85. The van der Waals surface area contributed by atoms with Crippen LogP contribution in [0.1, 0.15) is 10.4 Å². The van der Waals surface area contributed by atoms with E-state index >= 15 is 0 Å². The van der Waals surface area contributed by atoms with Crippen LogP contribution in [0.5, 0.6) is 5.75 Å². The zero-order chi connectivity index (χ0) is 25.3. The van der Waals surface area contributed by atoms with Gasteiger partial charge in [-0.3, -0.25) is 14.3 Å². The molecule has 1 aromatic carbocycles. The number of halogens is 6. The Balaban J connectivity index is 2.08. The quantitative estimate of drug-likeness (QED) is 0.512. The Hall–Kier alpha value is -3.88. The molecule has 2 aromatic heterocycles. The number of hydrogen-bond acceptors (Lipinski definition) is 6. The van der Waals surface area contributed by atoms with Crippen LogP contribution in [0.4, 0.5) is 26.3 Å². The molecule has 1 amide bonds. The van der Waals surface area contributed by atoms with Crippen molar-refractivity contribution in [2.45, 2.75) is 18.6 Å². The van der Waals surface area contributed by atoms with Crippen molar-refractivity contribution in [1.29, 1.82) is 0 Å². The molecule has 0 aliphatic carbocycles. The van der Waals surface area contributed by atoms with E-state index in [1.54, 1.807) is 5.32 Å². The zero-order valence-corrected chi connectivity index (χ0v) is 17.1. The van der Waals surface area contributed by atoms with Crippen molar-refractivity contribution >= 4 is 5.91 Å². The first-order chi connectivity index (χ1) is 15.8. The molecule has 0 saturated heterocycles. The normalized spacial score (nSPS) is 12.9. The summed E-state index contributed by atoms with van der Waals surface area (Å²) >= 11 is 0. The van der Waals surface area contributed by atoms with E-state index < -0.39 is 48.0 Å². The summed E-state index contributed by atoms with van der Waals surface area (Å²) in [5.41, 5.74) is -1.79. The number of amides is 1. The number of benzene rings is 1. The van der Waals surface area contributed by atoms with Gasteiger partial charge in [0.1, 0.15) is 23.0 Å². The fourth-order valence-corrected chi connectivity index (χ4v) is 2.79. The van der Waals surface area contributed by atoms with Gasteiger partial charge in [-0.25, -0.2) is 0 Å². The highest BCUT2D eigenvalue weighted by Gasteiger charge is 2.40. The molecule has 3 rings (SSSR count). The molecule has 3 aromatic rings. The fourth-order valence-electron chi connectivity index (χ4n) is 2.79. The van der Waals surface area contributed by atoms with Gasteiger partial charge in [0.25, 0.3) is 11.5 Å². The van der Waals surface area contributed by atoms with Crippen LogP contribution < -0.4 is 15.6 Å². The third-order valence-electron chi connectivity index (χ3n) is 4.36. The summed E-state index contributed by atoms with van der Waals surface area (Å²) in [7, 11) is 1.51. The van der Waals surface area contributed by atoms with Gasteiger partial charge in [-0.15, -0.1) is 13.2 Å². The Morgan fingerprint density at radius 2 is 1.82 bits per heavy atom. The van der Waals surface area contributed by atoms with E-state index in [1.807, 2.05) is 0 Å². The molecule has 0 aliphatic heterocycles. The van der Waals surface area contributed by atoms with E-state index in [2.05, 4.69) is 14.9 Å². The second kappa shape index (κ2) is 9.17. The highest BCUT2D eigenvalue weighted by Crippen LogP contribution is 2.26. The molecule has 0 spiro atoms. The van der Waals surface area contributed by atoms with Gasteiger partial charge in [0, 0.05) is 12.6 Å². The van der Waals surface area contributed by atoms with Gasteiger partial charge in [0.15, 0.2) is 0 Å². The minimum Gasteiger partial charge on any atom is -0.406 e. The smallest absolute Gasteiger partial charge is 0.406 e. The van der Waals surface area contributed by atoms with Crippen LogP contribution in [-0.4, -0.2) is 55.8 Å². The number of aliphatic hydroxyl groups excluding tert-OH is 1. The lowest BCUT2D eigenvalue weighted by molar-refractivity contribution is -0.274. The maximum atomic E-state index is 13.0. The van der Waals surface area contributed by atoms with Crippen molar-refractivity contribution in [1.82, 2.24) is 24.9 Å². The van der Waals surface area contributed by atoms with Crippen molar-refractivity contribution in [2.75, 3.05) is 6.61 Å². The molecule has 182 valence electrons. The average Bonchev–Trinajstić information content (AvgIpc) is 3.16. The van der Waals surface area contributed by atoms with E-state index in [0.717, 1.165) is 30.3 Å². The Morgan fingerprint density at radius 1 is 1.18 bits per heavy atom. The van der Waals surface area contributed by atoms with Crippen LogP contribution >= 0.6 is 0 Å². The Kier molecular flexibility index (Phi) is 6.67. The van der Waals surface area contributed by atoms with Crippen molar-refractivity contribution < 1.29 is 41.0 Å². The van der Waals surface area contributed by atoms with E-state index in [4.69, 9.17) is 5.11 Å². The van der Waals surface area contributed by atoms with Crippen molar-refractivity contribution in [2.24, 2.45) is 7.05 Å². The third kappa shape index (κ3) is 5.72. The highest BCUT2D eigenvalue weighted by atomic mass is 19.4. The SMILES string of the molecule is Cn1cc(-n2nc(-c3ccc(OC(F)(F)F)cc3)cc(C(=O)NC(CO)C(F)(F)F)c2=O)cn1. The van der Waals surface area contributed by atoms with Crippen LogP contribution in [0.3, 0.4) is 0 Å². The molecule has 0 saturated carbocycles. The molecule has 2 heterocycles. The predicted octanol–water partition coefficient (Wildman–Crippen LogP) is 2.18. The van der Waals surface area contributed by atoms with Gasteiger partial charge >= 0.3 is 12.5 Å². The number of aromatic nitrogens is 4. The summed E-state index contributed by atoms with van der Waals surface area (Å²) in [6, 6.07) is 2.45. The lowest BCUT2D eigenvalue weighted by atomic mass is 10.1. The number of alkyl halides is 6.